The predicted octanol–water partition coefficient (Wildman–Crippen LogP) is 4.13. The highest BCUT2D eigenvalue weighted by atomic mass is 35.5. The second kappa shape index (κ2) is 9.40. The first kappa shape index (κ1) is 22.4. The Hall–Kier alpha value is -2.75. The van der Waals surface area contributed by atoms with Crippen LogP contribution in [0.3, 0.4) is 0 Å². The third kappa shape index (κ3) is 4.85. The van der Waals surface area contributed by atoms with Gasteiger partial charge >= 0.3 is 5.69 Å². The summed E-state index contributed by atoms with van der Waals surface area (Å²) in [5, 5.41) is 18.2. The van der Waals surface area contributed by atoms with Gasteiger partial charge in [0.1, 0.15) is 11.4 Å². The zero-order chi connectivity index (χ0) is 22.8. The quantitative estimate of drug-likeness (QED) is 0.397. The molecule has 0 atom stereocenters. The number of nitro groups is 1. The minimum absolute atomic E-state index is 0.0340. The highest BCUT2D eigenvalue weighted by molar-refractivity contribution is 7.12. The molecule has 168 valence electrons. The maximum absolute atomic E-state index is 13.0. The second-order valence-electron chi connectivity index (χ2n) is 7.95. The summed E-state index contributed by atoms with van der Waals surface area (Å²) in [7, 11) is 0. The van der Waals surface area contributed by atoms with E-state index in [0.29, 0.717) is 35.9 Å². The van der Waals surface area contributed by atoms with Crippen molar-refractivity contribution in [2.24, 2.45) is 0 Å². The van der Waals surface area contributed by atoms with Crippen molar-refractivity contribution in [1.29, 1.82) is 0 Å². The van der Waals surface area contributed by atoms with Crippen LogP contribution >= 0.6 is 22.9 Å². The molecule has 1 aliphatic heterocycles. The van der Waals surface area contributed by atoms with E-state index < -0.39 is 4.92 Å². The van der Waals surface area contributed by atoms with E-state index in [0.717, 1.165) is 30.2 Å². The SMILES string of the molecule is Cc1nn(Cc2csc(C(=O)N3CCN(Cc4ccc(Cl)cc4)CC3)c2)c(C)c1[N+](=O)[O-]. The lowest BCUT2D eigenvalue weighted by Crippen LogP contribution is -2.48. The number of benzene rings is 1. The van der Waals surface area contributed by atoms with Gasteiger partial charge in [-0.3, -0.25) is 24.5 Å². The Bertz CT molecular complexity index is 1130. The molecule has 3 aromatic rings. The van der Waals surface area contributed by atoms with Crippen LogP contribution < -0.4 is 0 Å². The number of carbonyl (C=O) groups is 1. The molecule has 0 aliphatic carbocycles. The van der Waals surface area contributed by atoms with Crippen LogP contribution in [0.2, 0.25) is 5.02 Å². The number of carbonyl (C=O) groups excluding carboxylic acids is 1. The average Bonchev–Trinajstić information content (AvgIpc) is 3.34. The first-order valence-electron chi connectivity index (χ1n) is 10.3. The molecule has 2 aromatic heterocycles. The fourth-order valence-electron chi connectivity index (χ4n) is 3.96. The molecule has 1 saturated heterocycles. The van der Waals surface area contributed by atoms with Crippen LogP contribution in [0.25, 0.3) is 0 Å². The number of hydrogen-bond acceptors (Lipinski definition) is 6. The summed E-state index contributed by atoms with van der Waals surface area (Å²) in [5.41, 5.74) is 3.09. The first-order chi connectivity index (χ1) is 15.3. The Labute approximate surface area is 195 Å². The fraction of sp³-hybridized carbons (Fsp3) is 0.364. The zero-order valence-corrected chi connectivity index (χ0v) is 19.5. The summed E-state index contributed by atoms with van der Waals surface area (Å²) in [4.78, 5) is 28.7. The Kier molecular flexibility index (Phi) is 6.59. The van der Waals surface area contributed by atoms with E-state index in [2.05, 4.69) is 10.00 Å². The Morgan fingerprint density at radius 1 is 1.12 bits per heavy atom. The number of nitrogens with zero attached hydrogens (tertiary/aromatic N) is 5. The number of halogens is 1. The average molecular weight is 474 g/mol. The minimum Gasteiger partial charge on any atom is -0.335 e. The van der Waals surface area contributed by atoms with Gasteiger partial charge in [-0.05, 0) is 48.6 Å². The van der Waals surface area contributed by atoms with E-state index in [1.807, 2.05) is 40.6 Å². The lowest BCUT2D eigenvalue weighted by atomic mass is 10.2. The van der Waals surface area contributed by atoms with Crippen molar-refractivity contribution in [3.63, 3.8) is 0 Å². The van der Waals surface area contributed by atoms with Crippen LogP contribution in [-0.2, 0) is 13.1 Å². The van der Waals surface area contributed by atoms with Crippen molar-refractivity contribution < 1.29 is 9.72 Å². The van der Waals surface area contributed by atoms with Crippen molar-refractivity contribution in [3.8, 4) is 0 Å². The first-order valence-corrected chi connectivity index (χ1v) is 11.6. The van der Waals surface area contributed by atoms with Crippen molar-refractivity contribution in [1.82, 2.24) is 19.6 Å². The van der Waals surface area contributed by atoms with E-state index in [4.69, 9.17) is 11.6 Å². The molecule has 4 rings (SSSR count). The van der Waals surface area contributed by atoms with Gasteiger partial charge in [-0.2, -0.15) is 5.10 Å². The van der Waals surface area contributed by atoms with Crippen LogP contribution in [0.1, 0.15) is 32.2 Å². The summed E-state index contributed by atoms with van der Waals surface area (Å²) >= 11 is 7.36. The van der Waals surface area contributed by atoms with E-state index >= 15 is 0 Å². The number of piperazine rings is 1. The third-order valence-corrected chi connectivity index (χ3v) is 6.92. The smallest absolute Gasteiger partial charge is 0.312 e. The monoisotopic (exact) mass is 473 g/mol. The molecule has 0 unspecified atom stereocenters. The summed E-state index contributed by atoms with van der Waals surface area (Å²) in [5.74, 6) is 0.0340. The lowest BCUT2D eigenvalue weighted by molar-refractivity contribution is -0.386. The molecule has 0 radical (unpaired) electrons. The topological polar surface area (TPSA) is 84.5 Å². The number of rotatable bonds is 6. The molecule has 0 N–H and O–H groups in total. The number of hydrogen-bond donors (Lipinski definition) is 0. The Morgan fingerprint density at radius 3 is 2.44 bits per heavy atom. The largest absolute Gasteiger partial charge is 0.335 e. The van der Waals surface area contributed by atoms with Crippen LogP contribution in [0.4, 0.5) is 5.69 Å². The van der Waals surface area contributed by atoms with Crippen LogP contribution in [-0.4, -0.2) is 56.6 Å². The van der Waals surface area contributed by atoms with Gasteiger partial charge in [0.15, 0.2) is 0 Å². The van der Waals surface area contributed by atoms with Gasteiger partial charge in [-0.15, -0.1) is 11.3 Å². The number of aromatic nitrogens is 2. The summed E-state index contributed by atoms with van der Waals surface area (Å²) in [6.07, 6.45) is 0. The lowest BCUT2D eigenvalue weighted by Gasteiger charge is -2.34. The fourth-order valence-corrected chi connectivity index (χ4v) is 4.96. The molecule has 0 saturated carbocycles. The van der Waals surface area contributed by atoms with Gasteiger partial charge in [0.25, 0.3) is 5.91 Å². The van der Waals surface area contributed by atoms with Gasteiger partial charge in [-0.1, -0.05) is 23.7 Å². The molecule has 10 heteroatoms. The number of thiophene rings is 1. The Balaban J connectivity index is 1.35. The molecule has 1 amide bonds. The second-order valence-corrected chi connectivity index (χ2v) is 9.30. The highest BCUT2D eigenvalue weighted by Gasteiger charge is 2.25. The molecule has 0 bridgehead atoms. The summed E-state index contributed by atoms with van der Waals surface area (Å²) in [6, 6.07) is 9.73. The van der Waals surface area contributed by atoms with Gasteiger partial charge in [0, 0.05) is 37.7 Å². The van der Waals surface area contributed by atoms with Gasteiger partial charge in [0.05, 0.1) is 16.3 Å². The molecular weight excluding hydrogens is 450 g/mol. The highest BCUT2D eigenvalue weighted by Crippen LogP contribution is 2.24. The number of aryl methyl sites for hydroxylation is 1. The molecule has 8 nitrogen and oxygen atoms in total. The minimum atomic E-state index is -0.399. The van der Waals surface area contributed by atoms with Crippen molar-refractivity contribution in [2.45, 2.75) is 26.9 Å². The molecule has 1 aromatic carbocycles. The standard InChI is InChI=1S/C22H24ClN5O3S/c1-15-21(28(30)31)16(2)27(24-15)13-18-11-20(32-14-18)22(29)26-9-7-25(8-10-26)12-17-3-5-19(23)6-4-17/h3-6,11,14H,7-10,12-13H2,1-2H3. The summed E-state index contributed by atoms with van der Waals surface area (Å²) in [6.45, 7) is 7.59. The zero-order valence-electron chi connectivity index (χ0n) is 18.0. The molecular formula is C22H24ClN5O3S. The van der Waals surface area contributed by atoms with Gasteiger partial charge in [0.2, 0.25) is 0 Å². The van der Waals surface area contributed by atoms with E-state index in [9.17, 15) is 14.9 Å². The van der Waals surface area contributed by atoms with Crippen molar-refractivity contribution in [3.05, 3.63) is 78.2 Å². The Morgan fingerprint density at radius 2 is 1.81 bits per heavy atom. The maximum Gasteiger partial charge on any atom is 0.312 e. The van der Waals surface area contributed by atoms with Crippen LogP contribution in [0, 0.1) is 24.0 Å². The molecule has 1 aliphatic rings. The predicted molar refractivity (Wildman–Crippen MR) is 124 cm³/mol. The van der Waals surface area contributed by atoms with E-state index in [1.165, 1.54) is 16.9 Å². The van der Waals surface area contributed by atoms with Crippen LogP contribution in [0.5, 0.6) is 0 Å². The van der Waals surface area contributed by atoms with E-state index in [-0.39, 0.29) is 11.6 Å². The molecule has 3 heterocycles. The third-order valence-electron chi connectivity index (χ3n) is 5.70. The maximum atomic E-state index is 13.0. The molecule has 32 heavy (non-hydrogen) atoms. The van der Waals surface area contributed by atoms with Gasteiger partial charge in [-0.25, -0.2) is 0 Å². The molecule has 1 fully saturated rings. The van der Waals surface area contributed by atoms with Crippen molar-refractivity contribution >= 4 is 34.5 Å². The summed E-state index contributed by atoms with van der Waals surface area (Å²) < 4.78 is 1.62. The van der Waals surface area contributed by atoms with E-state index in [1.54, 1.807) is 18.5 Å². The molecule has 0 spiro atoms. The number of amides is 1. The van der Waals surface area contributed by atoms with Crippen LogP contribution in [0.15, 0.2) is 35.7 Å². The normalized spacial score (nSPS) is 14.7. The van der Waals surface area contributed by atoms with Crippen molar-refractivity contribution in [2.75, 3.05) is 26.2 Å². The van der Waals surface area contributed by atoms with Gasteiger partial charge < -0.3 is 4.90 Å².